The van der Waals surface area contributed by atoms with Crippen molar-refractivity contribution in [2.45, 2.75) is 12.8 Å². The summed E-state index contributed by atoms with van der Waals surface area (Å²) in [5, 5.41) is 3.76. The fraction of sp³-hybridized carbons (Fsp3) is 0.188. The van der Waals surface area contributed by atoms with Crippen LogP contribution < -0.4 is 5.32 Å². The fourth-order valence-electron chi connectivity index (χ4n) is 1.92. The third-order valence-corrected chi connectivity index (χ3v) is 3.76. The van der Waals surface area contributed by atoms with Crippen molar-refractivity contribution in [1.82, 2.24) is 5.32 Å². The summed E-state index contributed by atoms with van der Waals surface area (Å²) in [5.74, 6) is -0.414. The van der Waals surface area contributed by atoms with Gasteiger partial charge in [-0.05, 0) is 41.8 Å². The Bertz CT molecular complexity index is 608. The second kappa shape index (κ2) is 7.43. The first-order valence-corrected chi connectivity index (χ1v) is 7.26. The van der Waals surface area contributed by atoms with Crippen LogP contribution in [0.25, 0.3) is 0 Å². The highest BCUT2D eigenvalue weighted by atomic mass is 35.5. The maximum Gasteiger partial charge on any atom is 0.224 e. The van der Waals surface area contributed by atoms with Crippen LogP contribution >= 0.6 is 23.2 Å². The molecule has 0 saturated heterocycles. The number of rotatable bonds is 5. The van der Waals surface area contributed by atoms with Gasteiger partial charge >= 0.3 is 0 Å². The molecule has 1 amide bonds. The van der Waals surface area contributed by atoms with Crippen molar-refractivity contribution in [3.63, 3.8) is 0 Å². The first-order chi connectivity index (χ1) is 10.1. The predicted molar refractivity (Wildman–Crippen MR) is 83.3 cm³/mol. The van der Waals surface area contributed by atoms with Crippen LogP contribution in [0.15, 0.2) is 42.5 Å². The van der Waals surface area contributed by atoms with Gasteiger partial charge in [0.2, 0.25) is 5.91 Å². The maximum atomic E-state index is 12.8. The van der Waals surface area contributed by atoms with Crippen molar-refractivity contribution in [1.29, 1.82) is 0 Å². The molecule has 2 aromatic carbocycles. The summed E-state index contributed by atoms with van der Waals surface area (Å²) >= 11 is 12.0. The molecule has 2 aromatic rings. The smallest absolute Gasteiger partial charge is 0.224 e. The van der Waals surface area contributed by atoms with Crippen molar-refractivity contribution < 1.29 is 9.18 Å². The van der Waals surface area contributed by atoms with E-state index in [0.29, 0.717) is 28.6 Å². The Balaban J connectivity index is 1.84. The minimum atomic E-state index is -0.267. The monoisotopic (exact) mass is 325 g/mol. The van der Waals surface area contributed by atoms with Crippen molar-refractivity contribution >= 4 is 29.1 Å². The Kier molecular flexibility index (Phi) is 5.59. The van der Waals surface area contributed by atoms with Crippen molar-refractivity contribution in [2.75, 3.05) is 6.54 Å². The molecule has 21 heavy (non-hydrogen) atoms. The molecular formula is C16H14Cl2FNO. The molecule has 0 aliphatic rings. The Morgan fingerprint density at radius 2 is 1.67 bits per heavy atom. The molecule has 0 unspecified atom stereocenters. The largest absolute Gasteiger partial charge is 0.355 e. The maximum absolute atomic E-state index is 12.8. The van der Waals surface area contributed by atoms with Gasteiger partial charge in [-0.1, -0.05) is 41.4 Å². The van der Waals surface area contributed by atoms with E-state index in [1.165, 1.54) is 12.1 Å². The second-order valence-corrected chi connectivity index (χ2v) is 5.42. The van der Waals surface area contributed by atoms with Gasteiger partial charge in [-0.2, -0.15) is 0 Å². The molecule has 1 N–H and O–H groups in total. The molecule has 0 heterocycles. The Morgan fingerprint density at radius 1 is 1.05 bits per heavy atom. The molecule has 0 atom stereocenters. The summed E-state index contributed by atoms with van der Waals surface area (Å²) in [7, 11) is 0. The Labute approximate surface area is 132 Å². The minimum Gasteiger partial charge on any atom is -0.355 e. The minimum absolute atomic E-state index is 0.141. The molecule has 5 heteroatoms. The number of hydrogen-bond acceptors (Lipinski definition) is 1. The molecular weight excluding hydrogens is 312 g/mol. The van der Waals surface area contributed by atoms with Crippen LogP contribution in [0.2, 0.25) is 10.0 Å². The molecule has 0 saturated carbocycles. The SMILES string of the molecule is O=C(Cc1c(Cl)cccc1Cl)NCCc1ccc(F)cc1. The fourth-order valence-corrected chi connectivity index (χ4v) is 2.45. The van der Waals surface area contributed by atoms with Gasteiger partial charge < -0.3 is 5.32 Å². The van der Waals surface area contributed by atoms with Gasteiger partial charge in [0.1, 0.15) is 5.82 Å². The molecule has 0 bridgehead atoms. The quantitative estimate of drug-likeness (QED) is 0.883. The highest BCUT2D eigenvalue weighted by molar-refractivity contribution is 6.36. The van der Waals surface area contributed by atoms with E-state index in [9.17, 15) is 9.18 Å². The Hall–Kier alpha value is -1.58. The Morgan fingerprint density at radius 3 is 2.29 bits per heavy atom. The second-order valence-electron chi connectivity index (χ2n) is 4.60. The summed E-state index contributed by atoms with van der Waals surface area (Å²) in [6, 6.07) is 11.4. The summed E-state index contributed by atoms with van der Waals surface area (Å²) in [6.07, 6.45) is 0.782. The van der Waals surface area contributed by atoms with Crippen molar-refractivity contribution in [3.05, 3.63) is 69.5 Å². The van der Waals surface area contributed by atoms with Crippen LogP contribution in [0.3, 0.4) is 0 Å². The van der Waals surface area contributed by atoms with Gasteiger partial charge in [-0.3, -0.25) is 4.79 Å². The van der Waals surface area contributed by atoms with E-state index in [1.807, 2.05) is 0 Å². The topological polar surface area (TPSA) is 29.1 Å². The van der Waals surface area contributed by atoms with Gasteiger partial charge in [-0.25, -0.2) is 4.39 Å². The number of amides is 1. The molecule has 0 aliphatic carbocycles. The van der Waals surface area contributed by atoms with Crippen LogP contribution in [0.5, 0.6) is 0 Å². The predicted octanol–water partition coefficient (Wildman–Crippen LogP) is 4.03. The molecule has 0 aliphatic heterocycles. The zero-order valence-electron chi connectivity index (χ0n) is 11.2. The molecule has 0 aromatic heterocycles. The van der Waals surface area contributed by atoms with Gasteiger partial charge in [-0.15, -0.1) is 0 Å². The van der Waals surface area contributed by atoms with E-state index in [-0.39, 0.29) is 18.1 Å². The van der Waals surface area contributed by atoms with E-state index < -0.39 is 0 Å². The normalized spacial score (nSPS) is 10.4. The third-order valence-electron chi connectivity index (χ3n) is 3.05. The lowest BCUT2D eigenvalue weighted by Gasteiger charge is -2.08. The van der Waals surface area contributed by atoms with E-state index in [1.54, 1.807) is 30.3 Å². The number of hydrogen-bond donors (Lipinski definition) is 1. The van der Waals surface area contributed by atoms with Crippen LogP contribution in [0.1, 0.15) is 11.1 Å². The molecule has 0 spiro atoms. The van der Waals surface area contributed by atoms with E-state index in [2.05, 4.69) is 5.32 Å². The van der Waals surface area contributed by atoms with Crippen LogP contribution in [0.4, 0.5) is 4.39 Å². The number of benzene rings is 2. The average molecular weight is 326 g/mol. The van der Waals surface area contributed by atoms with E-state index in [0.717, 1.165) is 5.56 Å². The number of carbonyl (C=O) groups excluding carboxylic acids is 1. The van der Waals surface area contributed by atoms with E-state index >= 15 is 0 Å². The van der Waals surface area contributed by atoms with Gasteiger partial charge in [0.25, 0.3) is 0 Å². The van der Waals surface area contributed by atoms with Gasteiger partial charge in [0.15, 0.2) is 0 Å². The first kappa shape index (κ1) is 15.8. The summed E-state index contributed by atoms with van der Waals surface area (Å²) in [4.78, 5) is 11.9. The number of nitrogens with one attached hydrogen (secondary N) is 1. The third kappa shape index (κ3) is 4.73. The van der Waals surface area contributed by atoms with Crippen molar-refractivity contribution in [2.24, 2.45) is 0 Å². The van der Waals surface area contributed by atoms with Crippen LogP contribution in [0, 0.1) is 5.82 Å². The van der Waals surface area contributed by atoms with Gasteiger partial charge in [0.05, 0.1) is 6.42 Å². The zero-order valence-corrected chi connectivity index (χ0v) is 12.7. The molecule has 0 radical (unpaired) electrons. The lowest BCUT2D eigenvalue weighted by molar-refractivity contribution is -0.120. The zero-order chi connectivity index (χ0) is 15.2. The summed E-state index contributed by atoms with van der Waals surface area (Å²) in [6.45, 7) is 0.479. The molecule has 2 nitrogen and oxygen atoms in total. The summed E-state index contributed by atoms with van der Waals surface area (Å²) < 4.78 is 12.8. The average Bonchev–Trinajstić information content (AvgIpc) is 2.45. The number of halogens is 3. The molecule has 110 valence electrons. The lowest BCUT2D eigenvalue weighted by atomic mass is 10.1. The standard InChI is InChI=1S/C16H14Cl2FNO/c17-14-2-1-3-15(18)13(14)10-16(21)20-9-8-11-4-6-12(19)7-5-11/h1-7H,8-10H2,(H,20,21). The molecule has 0 fully saturated rings. The van der Waals surface area contributed by atoms with Gasteiger partial charge in [0, 0.05) is 16.6 Å². The number of carbonyl (C=O) groups is 1. The lowest BCUT2D eigenvalue weighted by Crippen LogP contribution is -2.27. The van der Waals surface area contributed by atoms with E-state index in [4.69, 9.17) is 23.2 Å². The van der Waals surface area contributed by atoms with Crippen molar-refractivity contribution in [3.8, 4) is 0 Å². The van der Waals surface area contributed by atoms with Crippen LogP contribution in [-0.4, -0.2) is 12.5 Å². The highest BCUT2D eigenvalue weighted by Crippen LogP contribution is 2.24. The first-order valence-electron chi connectivity index (χ1n) is 6.50. The summed E-state index contributed by atoms with van der Waals surface area (Å²) in [5.41, 5.74) is 1.59. The molecule has 2 rings (SSSR count). The highest BCUT2D eigenvalue weighted by Gasteiger charge is 2.10. The van der Waals surface area contributed by atoms with Crippen LogP contribution in [-0.2, 0) is 17.6 Å².